The molecule has 14 heteroatoms. The van der Waals surface area contributed by atoms with Gasteiger partial charge in [-0.2, -0.15) is 0 Å². The molecule has 228 valence electrons. The van der Waals surface area contributed by atoms with Crippen LogP contribution >= 0.6 is 11.6 Å². The molecule has 0 unspecified atom stereocenters. The molecule has 1 aromatic heterocycles. The Hall–Kier alpha value is -4.62. The number of hydrogen-bond acceptors (Lipinski definition) is 13. The highest BCUT2D eigenvalue weighted by molar-refractivity contribution is 6.30. The zero-order valence-electron chi connectivity index (χ0n) is 23.4. The van der Waals surface area contributed by atoms with Gasteiger partial charge in [-0.05, 0) is 17.7 Å². The molecule has 5 atom stereocenters. The molecular weight excluding hydrogens is 592 g/mol. The number of rotatable bonds is 8. The summed E-state index contributed by atoms with van der Waals surface area (Å²) < 4.78 is 38.6. The number of hydrogen-bond donors (Lipinski definition) is 1. The van der Waals surface area contributed by atoms with Crippen molar-refractivity contribution < 1.29 is 57.1 Å². The van der Waals surface area contributed by atoms with E-state index in [-0.39, 0.29) is 22.3 Å². The Morgan fingerprint density at radius 2 is 1.47 bits per heavy atom. The van der Waals surface area contributed by atoms with E-state index in [9.17, 15) is 29.1 Å². The van der Waals surface area contributed by atoms with Crippen molar-refractivity contribution in [2.24, 2.45) is 0 Å². The van der Waals surface area contributed by atoms with E-state index in [4.69, 9.17) is 44.4 Å². The van der Waals surface area contributed by atoms with Crippen LogP contribution in [0.1, 0.15) is 27.7 Å². The first-order valence-electron chi connectivity index (χ1n) is 12.9. The van der Waals surface area contributed by atoms with E-state index in [2.05, 4.69) is 0 Å². The van der Waals surface area contributed by atoms with Crippen LogP contribution < -0.4 is 10.2 Å². The average Bonchev–Trinajstić information content (AvgIpc) is 2.91. The first-order valence-corrected chi connectivity index (χ1v) is 13.2. The van der Waals surface area contributed by atoms with E-state index in [0.717, 1.165) is 33.8 Å². The molecule has 0 radical (unpaired) electrons. The lowest BCUT2D eigenvalue weighted by atomic mass is 9.98. The van der Waals surface area contributed by atoms with Gasteiger partial charge >= 0.3 is 23.9 Å². The fourth-order valence-electron chi connectivity index (χ4n) is 4.52. The van der Waals surface area contributed by atoms with Crippen molar-refractivity contribution in [3.05, 3.63) is 57.9 Å². The van der Waals surface area contributed by atoms with Gasteiger partial charge in [0, 0.05) is 44.9 Å². The van der Waals surface area contributed by atoms with Gasteiger partial charge in [0.25, 0.3) is 0 Å². The van der Waals surface area contributed by atoms with Crippen LogP contribution in [0.5, 0.6) is 11.5 Å². The van der Waals surface area contributed by atoms with Crippen LogP contribution in [0, 0.1) is 0 Å². The topological polar surface area (TPSA) is 174 Å². The first kappa shape index (κ1) is 31.3. The molecule has 1 N–H and O–H groups in total. The normalized spacial score (nSPS) is 21.5. The highest BCUT2D eigenvalue weighted by atomic mass is 35.5. The molecule has 1 fully saturated rings. The third-order valence-electron chi connectivity index (χ3n) is 6.19. The van der Waals surface area contributed by atoms with Crippen molar-refractivity contribution >= 4 is 46.4 Å². The summed E-state index contributed by atoms with van der Waals surface area (Å²) >= 11 is 5.94. The van der Waals surface area contributed by atoms with Gasteiger partial charge in [0.2, 0.25) is 17.8 Å². The van der Waals surface area contributed by atoms with E-state index >= 15 is 0 Å². The Balaban J connectivity index is 1.74. The monoisotopic (exact) mass is 618 g/mol. The molecule has 0 spiro atoms. The highest BCUT2D eigenvalue weighted by Gasteiger charge is 2.53. The molecule has 0 bridgehead atoms. The van der Waals surface area contributed by atoms with Crippen LogP contribution in [-0.4, -0.2) is 66.3 Å². The summed E-state index contributed by atoms with van der Waals surface area (Å²) in [5.74, 6) is -3.70. The summed E-state index contributed by atoms with van der Waals surface area (Å²) in [5.41, 5.74) is 0.105. The molecule has 1 aliphatic heterocycles. The zero-order chi connectivity index (χ0) is 31.4. The van der Waals surface area contributed by atoms with E-state index < -0.39 is 72.4 Å². The van der Waals surface area contributed by atoms with Crippen LogP contribution in [0.3, 0.4) is 0 Å². The van der Waals surface area contributed by atoms with Crippen molar-refractivity contribution in [3.63, 3.8) is 0 Å². The third kappa shape index (κ3) is 7.43. The quantitative estimate of drug-likeness (QED) is 0.288. The van der Waals surface area contributed by atoms with Crippen LogP contribution in [0.25, 0.3) is 22.1 Å². The minimum atomic E-state index is -1.56. The molecule has 2 aromatic carbocycles. The van der Waals surface area contributed by atoms with Crippen LogP contribution in [0.4, 0.5) is 0 Å². The molecule has 2 heterocycles. The number of carbonyl (C=O) groups excluding carboxylic acids is 4. The maximum atomic E-state index is 13.2. The fraction of sp³-hybridized carbons (Fsp3) is 0.345. The van der Waals surface area contributed by atoms with Crippen molar-refractivity contribution in [1.82, 2.24) is 0 Å². The van der Waals surface area contributed by atoms with Crippen molar-refractivity contribution in [2.45, 2.75) is 58.4 Å². The minimum absolute atomic E-state index is 0.0525. The van der Waals surface area contributed by atoms with E-state index in [0.29, 0.717) is 10.6 Å². The fourth-order valence-corrected chi connectivity index (χ4v) is 4.65. The molecular formula is C29H27ClO13. The third-order valence-corrected chi connectivity index (χ3v) is 6.44. The zero-order valence-corrected chi connectivity index (χ0v) is 24.1. The van der Waals surface area contributed by atoms with Crippen LogP contribution in [0.2, 0.25) is 5.02 Å². The molecule has 4 rings (SSSR count). The SMILES string of the molecule is CC(=O)OC[C@@H]1O[C@@H](Oc2cc(O)c3c(=O)c(-c4ccc(Cl)cc4)coc3c2)[C@@H](OC(C)=O)[C@H](OC(C)=O)[C@H]1OC(C)=O. The lowest BCUT2D eigenvalue weighted by Crippen LogP contribution is -2.63. The summed E-state index contributed by atoms with van der Waals surface area (Å²) in [4.78, 5) is 60.8. The van der Waals surface area contributed by atoms with Crippen LogP contribution in [-0.2, 0) is 42.9 Å². The molecule has 0 saturated carbocycles. The average molecular weight is 619 g/mol. The Morgan fingerprint density at radius 1 is 0.860 bits per heavy atom. The second kappa shape index (κ2) is 13.1. The van der Waals surface area contributed by atoms with Gasteiger partial charge in [-0.1, -0.05) is 23.7 Å². The summed E-state index contributed by atoms with van der Waals surface area (Å²) in [6, 6.07) is 8.85. The molecule has 43 heavy (non-hydrogen) atoms. The number of phenols is 1. The second-order valence-corrected chi connectivity index (χ2v) is 9.92. The van der Waals surface area contributed by atoms with Gasteiger partial charge < -0.3 is 37.9 Å². The molecule has 13 nitrogen and oxygen atoms in total. The number of ether oxygens (including phenoxy) is 6. The molecule has 0 aliphatic carbocycles. The summed E-state index contributed by atoms with van der Waals surface area (Å²) in [6.07, 6.45) is -5.93. The number of fused-ring (bicyclic) bond motifs is 1. The highest BCUT2D eigenvalue weighted by Crippen LogP contribution is 2.35. The second-order valence-electron chi connectivity index (χ2n) is 9.49. The largest absolute Gasteiger partial charge is 0.507 e. The summed E-state index contributed by atoms with van der Waals surface area (Å²) in [7, 11) is 0. The first-order chi connectivity index (χ1) is 20.3. The molecule has 3 aromatic rings. The number of halogens is 1. The number of esters is 4. The van der Waals surface area contributed by atoms with Gasteiger partial charge in [0.05, 0.1) is 5.56 Å². The number of aromatic hydroxyl groups is 1. The minimum Gasteiger partial charge on any atom is -0.507 e. The Bertz CT molecular complexity index is 1600. The summed E-state index contributed by atoms with van der Waals surface area (Å²) in [5, 5.41) is 11.2. The molecule has 1 aliphatic rings. The number of phenolic OH excluding ortho intramolecular Hbond substituents is 1. The van der Waals surface area contributed by atoms with Gasteiger partial charge in [0.1, 0.15) is 41.4 Å². The van der Waals surface area contributed by atoms with Gasteiger partial charge in [-0.3, -0.25) is 24.0 Å². The van der Waals surface area contributed by atoms with Gasteiger partial charge in [-0.25, -0.2) is 0 Å². The predicted octanol–water partition coefficient (Wildman–Crippen LogP) is 3.28. The van der Waals surface area contributed by atoms with Gasteiger partial charge in [0.15, 0.2) is 12.2 Å². The van der Waals surface area contributed by atoms with Crippen LogP contribution in [0.15, 0.2) is 51.9 Å². The van der Waals surface area contributed by atoms with Crippen molar-refractivity contribution in [1.29, 1.82) is 0 Å². The van der Waals surface area contributed by atoms with E-state index in [1.54, 1.807) is 24.3 Å². The van der Waals surface area contributed by atoms with E-state index in [1.807, 2.05) is 0 Å². The predicted molar refractivity (Wildman–Crippen MR) is 147 cm³/mol. The van der Waals surface area contributed by atoms with Gasteiger partial charge in [-0.15, -0.1) is 0 Å². The Kier molecular flexibility index (Phi) is 9.56. The standard InChI is InChI=1S/C29H27ClO13/c1-13(31)37-12-23-26(39-14(2)32)27(40-15(3)33)28(41-16(4)34)29(43-23)42-19-9-21(35)24-22(10-19)38-11-20(25(24)36)17-5-7-18(30)8-6-17/h5-11,23,26-29,35H,12H2,1-4H3/t23-,26-,27+,28-,29+/m0/s1. The smallest absolute Gasteiger partial charge is 0.303 e. The number of benzene rings is 2. The Labute approximate surface area is 249 Å². The summed E-state index contributed by atoms with van der Waals surface area (Å²) in [6.45, 7) is 3.96. The molecule has 0 amide bonds. The van der Waals surface area contributed by atoms with Crippen molar-refractivity contribution in [2.75, 3.05) is 6.61 Å². The lowest BCUT2D eigenvalue weighted by Gasteiger charge is -2.43. The van der Waals surface area contributed by atoms with E-state index in [1.165, 1.54) is 12.3 Å². The van der Waals surface area contributed by atoms with Crippen molar-refractivity contribution in [3.8, 4) is 22.6 Å². The number of carbonyl (C=O) groups is 4. The lowest BCUT2D eigenvalue weighted by molar-refractivity contribution is -0.288. The maximum Gasteiger partial charge on any atom is 0.303 e. The molecule has 1 saturated heterocycles. The Morgan fingerprint density at radius 3 is 2.07 bits per heavy atom. The maximum absolute atomic E-state index is 13.2.